The number of carbonyl (C=O) groups is 1. The maximum Gasteiger partial charge on any atom is 0.288 e. The molecule has 9 nitrogen and oxygen atoms in total. The second-order valence-electron chi connectivity index (χ2n) is 6.12. The van der Waals surface area contributed by atoms with E-state index in [0.29, 0.717) is 16.9 Å². The largest absolute Gasteiger partial charge is 0.322 e. The van der Waals surface area contributed by atoms with Crippen molar-refractivity contribution in [2.24, 2.45) is 0 Å². The summed E-state index contributed by atoms with van der Waals surface area (Å²) in [4.78, 5) is 22.7. The first-order chi connectivity index (χ1) is 14.2. The van der Waals surface area contributed by atoms with E-state index in [2.05, 4.69) is 15.5 Å². The van der Waals surface area contributed by atoms with Crippen molar-refractivity contribution in [1.29, 1.82) is 0 Å². The molecule has 1 N–H and O–H groups in total. The van der Waals surface area contributed by atoms with Gasteiger partial charge in [-0.3, -0.25) is 14.9 Å². The summed E-state index contributed by atoms with van der Waals surface area (Å²) < 4.78 is 23.6. The van der Waals surface area contributed by atoms with Crippen LogP contribution in [0.4, 0.5) is 11.4 Å². The fraction of sp³-hybridized carbons (Fsp3) is 0.105. The van der Waals surface area contributed by atoms with Crippen molar-refractivity contribution in [2.45, 2.75) is 11.9 Å². The molecule has 1 aromatic heterocycles. The van der Waals surface area contributed by atoms with Gasteiger partial charge >= 0.3 is 0 Å². The highest BCUT2D eigenvalue weighted by Crippen LogP contribution is 2.26. The molecule has 0 atom stereocenters. The van der Waals surface area contributed by atoms with E-state index in [1.165, 1.54) is 25.1 Å². The summed E-state index contributed by atoms with van der Waals surface area (Å²) >= 11 is 5.76. The Morgan fingerprint density at radius 2 is 1.80 bits per heavy atom. The number of nitro benzene ring substituents is 1. The molecule has 30 heavy (non-hydrogen) atoms. The third-order valence-corrected chi connectivity index (χ3v) is 6.12. The van der Waals surface area contributed by atoms with Gasteiger partial charge < -0.3 is 5.32 Å². The van der Waals surface area contributed by atoms with E-state index in [4.69, 9.17) is 11.6 Å². The third kappa shape index (κ3) is 4.61. The molecule has 0 aliphatic carbocycles. The Morgan fingerprint density at radius 3 is 2.37 bits per heavy atom. The number of nitro groups is 1. The predicted molar refractivity (Wildman–Crippen MR) is 111 cm³/mol. The van der Waals surface area contributed by atoms with E-state index >= 15 is 0 Å². The van der Waals surface area contributed by atoms with E-state index in [-0.39, 0.29) is 27.1 Å². The summed E-state index contributed by atoms with van der Waals surface area (Å²) in [5.41, 5.74) is 1.33. The smallest absolute Gasteiger partial charge is 0.288 e. The minimum atomic E-state index is -3.43. The van der Waals surface area contributed by atoms with Crippen molar-refractivity contribution in [3.8, 4) is 11.3 Å². The molecule has 0 fully saturated rings. The van der Waals surface area contributed by atoms with Crippen LogP contribution in [0.1, 0.15) is 17.3 Å². The SMILES string of the molecule is CCS(=O)(=O)c1ccc(-c2ccc(NC(=O)c3ccc(Cl)c([N+](=O)[O-])c3)cc2)nn1. The molecule has 2 aromatic carbocycles. The van der Waals surface area contributed by atoms with Crippen molar-refractivity contribution in [3.05, 3.63) is 75.3 Å². The zero-order chi connectivity index (χ0) is 21.9. The van der Waals surface area contributed by atoms with Gasteiger partial charge in [-0.2, -0.15) is 0 Å². The lowest BCUT2D eigenvalue weighted by Crippen LogP contribution is -2.12. The number of rotatable bonds is 6. The first-order valence-corrected chi connectivity index (χ1v) is 10.7. The lowest BCUT2D eigenvalue weighted by atomic mass is 10.1. The number of halogens is 1. The number of benzene rings is 2. The highest BCUT2D eigenvalue weighted by molar-refractivity contribution is 7.91. The van der Waals surface area contributed by atoms with Crippen LogP contribution >= 0.6 is 11.6 Å². The van der Waals surface area contributed by atoms with Crippen molar-refractivity contribution in [1.82, 2.24) is 10.2 Å². The molecule has 0 aliphatic rings. The van der Waals surface area contributed by atoms with Gasteiger partial charge in [-0.1, -0.05) is 30.7 Å². The molecule has 1 amide bonds. The number of hydrogen-bond acceptors (Lipinski definition) is 7. The molecule has 0 spiro atoms. The molecule has 3 aromatic rings. The summed E-state index contributed by atoms with van der Waals surface area (Å²) in [6.45, 7) is 1.53. The molecular formula is C19H15ClN4O5S. The lowest BCUT2D eigenvalue weighted by Gasteiger charge is -2.07. The van der Waals surface area contributed by atoms with E-state index in [0.717, 1.165) is 6.07 Å². The fourth-order valence-electron chi connectivity index (χ4n) is 2.51. The topological polar surface area (TPSA) is 132 Å². The van der Waals surface area contributed by atoms with Gasteiger partial charge in [0, 0.05) is 22.9 Å². The van der Waals surface area contributed by atoms with Crippen LogP contribution in [-0.2, 0) is 9.84 Å². The Morgan fingerprint density at radius 1 is 1.10 bits per heavy atom. The van der Waals surface area contributed by atoms with E-state index < -0.39 is 20.7 Å². The molecule has 3 rings (SSSR count). The van der Waals surface area contributed by atoms with Gasteiger partial charge in [0.15, 0.2) is 14.9 Å². The Kier molecular flexibility index (Phi) is 6.09. The first-order valence-electron chi connectivity index (χ1n) is 8.63. The normalized spacial score (nSPS) is 11.1. The van der Waals surface area contributed by atoms with Gasteiger partial charge in [-0.15, -0.1) is 10.2 Å². The minimum absolute atomic E-state index is 0.0558. The first kappa shape index (κ1) is 21.3. The fourth-order valence-corrected chi connectivity index (χ4v) is 3.43. The average Bonchev–Trinajstić information content (AvgIpc) is 2.74. The van der Waals surface area contributed by atoms with Crippen LogP contribution in [0.5, 0.6) is 0 Å². The van der Waals surface area contributed by atoms with Crippen molar-refractivity contribution in [3.63, 3.8) is 0 Å². The van der Waals surface area contributed by atoms with Crippen LogP contribution < -0.4 is 5.32 Å². The summed E-state index contributed by atoms with van der Waals surface area (Å²) in [5, 5.41) is 21.2. The summed E-state index contributed by atoms with van der Waals surface area (Å²) in [7, 11) is -3.43. The standard InChI is InChI=1S/C19H15ClN4O5S/c1-2-30(28,29)18-10-9-16(22-23-18)12-3-6-14(7-4-12)21-19(25)13-5-8-15(20)17(11-13)24(26)27/h3-11H,2H2,1H3,(H,21,25). The highest BCUT2D eigenvalue weighted by Gasteiger charge is 2.17. The number of carbonyl (C=O) groups excluding carboxylic acids is 1. The van der Waals surface area contributed by atoms with Crippen LogP contribution in [0.15, 0.2) is 59.6 Å². The second kappa shape index (κ2) is 8.56. The van der Waals surface area contributed by atoms with E-state index in [1.807, 2.05) is 0 Å². The van der Waals surface area contributed by atoms with Crippen LogP contribution in [-0.4, -0.2) is 35.2 Å². The van der Waals surface area contributed by atoms with Crippen molar-refractivity contribution < 1.29 is 18.1 Å². The molecule has 0 aliphatic heterocycles. The Hall–Kier alpha value is -3.37. The van der Waals surface area contributed by atoms with Gasteiger partial charge in [-0.25, -0.2) is 8.42 Å². The number of aromatic nitrogens is 2. The van der Waals surface area contributed by atoms with Crippen LogP contribution in [0.3, 0.4) is 0 Å². The van der Waals surface area contributed by atoms with Crippen LogP contribution in [0, 0.1) is 10.1 Å². The zero-order valence-electron chi connectivity index (χ0n) is 15.6. The number of nitrogens with zero attached hydrogens (tertiary/aromatic N) is 3. The maximum atomic E-state index is 12.4. The summed E-state index contributed by atoms with van der Waals surface area (Å²) in [6.07, 6.45) is 0. The van der Waals surface area contributed by atoms with Gasteiger partial charge in [0.2, 0.25) is 0 Å². The predicted octanol–water partition coefficient (Wildman–Crippen LogP) is 3.75. The van der Waals surface area contributed by atoms with Crippen LogP contribution in [0.2, 0.25) is 5.02 Å². The number of sulfone groups is 1. The monoisotopic (exact) mass is 446 g/mol. The quantitative estimate of drug-likeness (QED) is 0.450. The molecule has 0 radical (unpaired) electrons. The average molecular weight is 447 g/mol. The maximum absolute atomic E-state index is 12.4. The third-order valence-electron chi connectivity index (χ3n) is 4.18. The number of nitrogens with one attached hydrogen (secondary N) is 1. The Bertz CT molecular complexity index is 1210. The lowest BCUT2D eigenvalue weighted by molar-refractivity contribution is -0.384. The molecule has 154 valence electrons. The van der Waals surface area contributed by atoms with Gasteiger partial charge in [0.25, 0.3) is 11.6 Å². The van der Waals surface area contributed by atoms with Gasteiger partial charge in [0.1, 0.15) is 5.02 Å². The number of amides is 1. The summed E-state index contributed by atoms with van der Waals surface area (Å²) in [5.74, 6) is -0.594. The Labute approximate surface area is 176 Å². The van der Waals surface area contributed by atoms with E-state index in [1.54, 1.807) is 30.3 Å². The molecular weight excluding hydrogens is 432 g/mol. The number of hydrogen-bond donors (Lipinski definition) is 1. The van der Waals surface area contributed by atoms with Gasteiger partial charge in [0.05, 0.1) is 16.4 Å². The molecule has 11 heteroatoms. The molecule has 0 saturated carbocycles. The zero-order valence-corrected chi connectivity index (χ0v) is 17.1. The van der Waals surface area contributed by atoms with Gasteiger partial charge in [-0.05, 0) is 36.4 Å². The number of anilines is 1. The molecule has 0 saturated heterocycles. The molecule has 1 heterocycles. The highest BCUT2D eigenvalue weighted by atomic mass is 35.5. The Balaban J connectivity index is 1.75. The van der Waals surface area contributed by atoms with Crippen molar-refractivity contribution >= 4 is 38.7 Å². The van der Waals surface area contributed by atoms with E-state index in [9.17, 15) is 23.3 Å². The second-order valence-corrected chi connectivity index (χ2v) is 8.75. The minimum Gasteiger partial charge on any atom is -0.322 e. The summed E-state index contributed by atoms with van der Waals surface area (Å²) in [6, 6.07) is 13.3. The molecule has 0 unspecified atom stereocenters. The van der Waals surface area contributed by atoms with Crippen LogP contribution in [0.25, 0.3) is 11.3 Å². The van der Waals surface area contributed by atoms with Crippen molar-refractivity contribution in [2.75, 3.05) is 11.1 Å². The molecule has 0 bridgehead atoms.